The summed E-state index contributed by atoms with van der Waals surface area (Å²) < 4.78 is 0. The summed E-state index contributed by atoms with van der Waals surface area (Å²) in [7, 11) is 0. The summed E-state index contributed by atoms with van der Waals surface area (Å²) in [5.41, 5.74) is 0.868. The van der Waals surface area contributed by atoms with Gasteiger partial charge in [-0.05, 0) is 25.3 Å². The lowest BCUT2D eigenvalue weighted by Crippen LogP contribution is -2.39. The lowest BCUT2D eigenvalue weighted by atomic mass is 9.96. The third-order valence-electron chi connectivity index (χ3n) is 3.63. The Labute approximate surface area is 117 Å². The van der Waals surface area contributed by atoms with E-state index in [1.807, 2.05) is 0 Å². The third-order valence-corrected chi connectivity index (χ3v) is 3.63. The number of hydrogen-bond donors (Lipinski definition) is 2. The molecule has 1 aromatic rings. The molecule has 1 fully saturated rings. The summed E-state index contributed by atoms with van der Waals surface area (Å²) in [6, 6.07) is 4.55. The minimum Gasteiger partial charge on any atom is -0.335 e. The van der Waals surface area contributed by atoms with E-state index in [4.69, 9.17) is 0 Å². The van der Waals surface area contributed by atoms with Crippen LogP contribution in [0.4, 0.5) is 16.2 Å². The lowest BCUT2D eigenvalue weighted by molar-refractivity contribution is -0.383. The van der Waals surface area contributed by atoms with Crippen molar-refractivity contribution in [2.75, 3.05) is 5.32 Å². The molecule has 0 aromatic heterocycles. The molecule has 1 saturated carbocycles. The molecule has 0 bridgehead atoms. The van der Waals surface area contributed by atoms with E-state index in [-0.39, 0.29) is 23.4 Å². The van der Waals surface area contributed by atoms with Crippen LogP contribution in [-0.2, 0) is 0 Å². The van der Waals surface area contributed by atoms with Crippen molar-refractivity contribution in [1.82, 2.24) is 5.32 Å². The second kappa shape index (κ2) is 6.36. The molecule has 0 saturated heterocycles. The summed E-state index contributed by atoms with van der Waals surface area (Å²) in [4.78, 5) is 22.5. The number of benzene rings is 1. The minimum atomic E-state index is -0.483. The zero-order valence-corrected chi connectivity index (χ0v) is 11.5. The van der Waals surface area contributed by atoms with Crippen LogP contribution in [0.15, 0.2) is 18.2 Å². The number of nitro benzene ring substituents is 1. The van der Waals surface area contributed by atoms with Crippen molar-refractivity contribution in [3.63, 3.8) is 0 Å². The first-order valence-corrected chi connectivity index (χ1v) is 6.89. The number of hydrogen-bond acceptors (Lipinski definition) is 3. The fourth-order valence-corrected chi connectivity index (χ4v) is 2.55. The second-order valence-corrected chi connectivity index (χ2v) is 5.16. The van der Waals surface area contributed by atoms with Gasteiger partial charge in [0.2, 0.25) is 0 Å². The van der Waals surface area contributed by atoms with Crippen LogP contribution in [-0.4, -0.2) is 17.0 Å². The molecule has 2 N–H and O–H groups in total. The van der Waals surface area contributed by atoms with E-state index in [0.717, 1.165) is 25.7 Å². The molecule has 0 radical (unpaired) electrons. The number of carbonyl (C=O) groups is 1. The average molecular weight is 277 g/mol. The van der Waals surface area contributed by atoms with E-state index >= 15 is 0 Å². The number of nitrogens with zero attached hydrogens (tertiary/aromatic N) is 1. The molecular formula is C14H19N3O3. The highest BCUT2D eigenvalue weighted by molar-refractivity contribution is 5.93. The molecule has 0 heterocycles. The predicted molar refractivity (Wildman–Crippen MR) is 76.9 cm³/mol. The van der Waals surface area contributed by atoms with Crippen LogP contribution >= 0.6 is 0 Å². The number of carbonyl (C=O) groups excluding carboxylic acids is 1. The molecular weight excluding hydrogens is 258 g/mol. The molecule has 6 heteroatoms. The molecule has 1 aromatic carbocycles. The highest BCUT2D eigenvalue weighted by Gasteiger charge is 2.20. The van der Waals surface area contributed by atoms with Gasteiger partial charge in [-0.15, -0.1) is 0 Å². The Hall–Kier alpha value is -2.11. The average Bonchev–Trinajstić information content (AvgIpc) is 2.42. The van der Waals surface area contributed by atoms with Crippen LogP contribution in [0.1, 0.15) is 37.7 Å². The molecule has 0 unspecified atom stereocenters. The maximum Gasteiger partial charge on any atom is 0.319 e. The molecule has 6 nitrogen and oxygen atoms in total. The fourth-order valence-electron chi connectivity index (χ4n) is 2.55. The van der Waals surface area contributed by atoms with Crippen molar-refractivity contribution in [2.45, 2.75) is 45.1 Å². The number of amides is 2. The Morgan fingerprint density at radius 1 is 1.30 bits per heavy atom. The van der Waals surface area contributed by atoms with Crippen molar-refractivity contribution in [2.24, 2.45) is 0 Å². The molecule has 1 aliphatic rings. The molecule has 1 aliphatic carbocycles. The van der Waals surface area contributed by atoms with E-state index in [2.05, 4.69) is 10.6 Å². The van der Waals surface area contributed by atoms with Gasteiger partial charge in [0.05, 0.1) is 4.92 Å². The normalized spacial score (nSPS) is 15.7. The van der Waals surface area contributed by atoms with Crippen LogP contribution in [0.25, 0.3) is 0 Å². The van der Waals surface area contributed by atoms with Crippen molar-refractivity contribution >= 4 is 17.4 Å². The number of rotatable bonds is 3. The van der Waals surface area contributed by atoms with Gasteiger partial charge >= 0.3 is 6.03 Å². The zero-order valence-electron chi connectivity index (χ0n) is 11.5. The topological polar surface area (TPSA) is 84.3 Å². The summed E-state index contributed by atoms with van der Waals surface area (Å²) in [6.45, 7) is 1.74. The molecule has 108 valence electrons. The maximum absolute atomic E-state index is 12.0. The van der Waals surface area contributed by atoms with E-state index < -0.39 is 4.92 Å². The van der Waals surface area contributed by atoms with Gasteiger partial charge in [0.1, 0.15) is 5.69 Å². The van der Waals surface area contributed by atoms with E-state index in [1.54, 1.807) is 19.1 Å². The van der Waals surface area contributed by atoms with Gasteiger partial charge in [-0.3, -0.25) is 10.1 Å². The maximum atomic E-state index is 12.0. The standard InChI is InChI=1S/C14H19N3O3/c1-10-6-5-9-12(17(19)20)13(10)16-14(18)15-11-7-3-2-4-8-11/h5-6,9,11H,2-4,7-8H2,1H3,(H2,15,16,18). The van der Waals surface area contributed by atoms with Crippen LogP contribution in [0.5, 0.6) is 0 Å². The minimum absolute atomic E-state index is 0.0798. The number of anilines is 1. The van der Waals surface area contributed by atoms with Gasteiger partial charge in [0, 0.05) is 12.1 Å². The lowest BCUT2D eigenvalue weighted by Gasteiger charge is -2.23. The Morgan fingerprint density at radius 2 is 2.00 bits per heavy atom. The summed E-state index contributed by atoms with van der Waals surface area (Å²) in [5.74, 6) is 0. The second-order valence-electron chi connectivity index (χ2n) is 5.16. The highest BCUT2D eigenvalue weighted by atomic mass is 16.6. The Bertz CT molecular complexity index is 510. The van der Waals surface area contributed by atoms with Crippen LogP contribution < -0.4 is 10.6 Å². The SMILES string of the molecule is Cc1cccc([N+](=O)[O-])c1NC(=O)NC1CCCCC1. The Morgan fingerprint density at radius 3 is 2.65 bits per heavy atom. The fraction of sp³-hybridized carbons (Fsp3) is 0.500. The smallest absolute Gasteiger partial charge is 0.319 e. The van der Waals surface area contributed by atoms with Crippen molar-refractivity contribution < 1.29 is 9.72 Å². The summed E-state index contributed by atoms with van der Waals surface area (Å²) in [5, 5.41) is 16.5. The van der Waals surface area contributed by atoms with E-state index in [0.29, 0.717) is 5.56 Å². The number of nitrogens with one attached hydrogen (secondary N) is 2. The monoisotopic (exact) mass is 277 g/mol. The van der Waals surface area contributed by atoms with E-state index in [1.165, 1.54) is 12.5 Å². The molecule has 2 rings (SSSR count). The van der Waals surface area contributed by atoms with Gasteiger partial charge in [-0.1, -0.05) is 31.4 Å². The molecule has 0 spiro atoms. The largest absolute Gasteiger partial charge is 0.335 e. The predicted octanol–water partition coefficient (Wildman–Crippen LogP) is 3.36. The molecule has 0 aliphatic heterocycles. The summed E-state index contributed by atoms with van der Waals surface area (Å²) in [6.07, 6.45) is 5.40. The number of para-hydroxylation sites is 1. The van der Waals surface area contributed by atoms with Crippen molar-refractivity contribution in [3.05, 3.63) is 33.9 Å². The first kappa shape index (κ1) is 14.3. The first-order valence-electron chi connectivity index (χ1n) is 6.89. The number of urea groups is 1. The van der Waals surface area contributed by atoms with Crippen LogP contribution in [0.2, 0.25) is 0 Å². The van der Waals surface area contributed by atoms with Gasteiger partial charge in [-0.2, -0.15) is 0 Å². The Balaban J connectivity index is 2.05. The number of aryl methyl sites for hydroxylation is 1. The van der Waals surface area contributed by atoms with E-state index in [9.17, 15) is 14.9 Å². The zero-order chi connectivity index (χ0) is 14.5. The van der Waals surface area contributed by atoms with Crippen molar-refractivity contribution in [1.29, 1.82) is 0 Å². The molecule has 2 amide bonds. The van der Waals surface area contributed by atoms with Gasteiger partial charge in [0.25, 0.3) is 5.69 Å². The third kappa shape index (κ3) is 3.46. The summed E-state index contributed by atoms with van der Waals surface area (Å²) >= 11 is 0. The molecule has 20 heavy (non-hydrogen) atoms. The van der Waals surface area contributed by atoms with Crippen LogP contribution in [0, 0.1) is 17.0 Å². The van der Waals surface area contributed by atoms with Crippen molar-refractivity contribution in [3.8, 4) is 0 Å². The number of nitro groups is 1. The molecule has 0 atom stereocenters. The quantitative estimate of drug-likeness (QED) is 0.656. The van der Waals surface area contributed by atoms with Gasteiger partial charge in [-0.25, -0.2) is 4.79 Å². The first-order chi connectivity index (χ1) is 9.58. The van der Waals surface area contributed by atoms with Gasteiger partial charge < -0.3 is 10.6 Å². The van der Waals surface area contributed by atoms with Gasteiger partial charge in [0.15, 0.2) is 0 Å². The van der Waals surface area contributed by atoms with Crippen LogP contribution in [0.3, 0.4) is 0 Å². The Kier molecular flexibility index (Phi) is 4.55. The highest BCUT2D eigenvalue weighted by Crippen LogP contribution is 2.27.